The Kier molecular flexibility index (Phi) is 4.37. The third kappa shape index (κ3) is 3.54. The van der Waals surface area contributed by atoms with Crippen LogP contribution < -0.4 is 5.32 Å². The Hall–Kier alpha value is -1.92. The lowest BCUT2D eigenvalue weighted by atomic mass is 10.0. The highest BCUT2D eigenvalue weighted by atomic mass is 16.4. The zero-order chi connectivity index (χ0) is 16.4. The number of likely N-dealkylation sites (tertiary alicyclic amines) is 1. The number of carboxylic acids is 1. The molecule has 0 amide bonds. The lowest BCUT2D eigenvalue weighted by molar-refractivity contribution is -0.136. The summed E-state index contributed by atoms with van der Waals surface area (Å²) < 4.78 is 2.26. The highest BCUT2D eigenvalue weighted by Gasteiger charge is 2.33. The fraction of sp³-hybridized carbons (Fsp3) is 0.529. The zero-order valence-electron chi connectivity index (χ0n) is 13.7. The van der Waals surface area contributed by atoms with Gasteiger partial charge in [0.15, 0.2) is 0 Å². The van der Waals surface area contributed by atoms with E-state index in [1.807, 2.05) is 25.1 Å². The van der Waals surface area contributed by atoms with E-state index in [0.717, 1.165) is 43.9 Å². The molecule has 1 fully saturated rings. The van der Waals surface area contributed by atoms with Crippen molar-refractivity contribution in [3.05, 3.63) is 30.1 Å². The van der Waals surface area contributed by atoms with E-state index in [1.54, 1.807) is 0 Å². The normalized spacial score (nSPS) is 22.0. The number of fused-ring (bicyclic) bond motifs is 1. The van der Waals surface area contributed by atoms with E-state index in [9.17, 15) is 4.79 Å². The summed E-state index contributed by atoms with van der Waals surface area (Å²) in [5, 5.41) is 12.0. The highest BCUT2D eigenvalue weighted by Crippen LogP contribution is 2.21. The van der Waals surface area contributed by atoms with Gasteiger partial charge in [-0.3, -0.25) is 9.69 Å². The van der Waals surface area contributed by atoms with Crippen molar-refractivity contribution in [1.82, 2.24) is 19.8 Å². The van der Waals surface area contributed by atoms with E-state index in [0.29, 0.717) is 0 Å². The Morgan fingerprint density at radius 2 is 2.17 bits per heavy atom. The molecule has 2 heterocycles. The second-order valence-electron chi connectivity index (χ2n) is 6.63. The summed E-state index contributed by atoms with van der Waals surface area (Å²) in [5.41, 5.74) is 2.11. The van der Waals surface area contributed by atoms with Gasteiger partial charge in [0.25, 0.3) is 0 Å². The van der Waals surface area contributed by atoms with Crippen molar-refractivity contribution in [2.45, 2.75) is 32.4 Å². The number of aliphatic carboxylic acids is 1. The van der Waals surface area contributed by atoms with Crippen LogP contribution in [0.5, 0.6) is 0 Å². The van der Waals surface area contributed by atoms with Crippen LogP contribution in [0, 0.1) is 6.92 Å². The number of hydrogen-bond acceptors (Lipinski definition) is 4. The molecular weight excluding hydrogens is 292 g/mol. The SMILES string of the molecule is Cc1nc2ccccc2n1CCN1CC[C@](C)(NCC(=O)O)C1. The first-order chi connectivity index (χ1) is 11.0. The summed E-state index contributed by atoms with van der Waals surface area (Å²) >= 11 is 0. The number of rotatable bonds is 6. The Morgan fingerprint density at radius 3 is 2.96 bits per heavy atom. The molecule has 6 nitrogen and oxygen atoms in total. The molecule has 1 aliphatic heterocycles. The van der Waals surface area contributed by atoms with E-state index >= 15 is 0 Å². The third-order valence-electron chi connectivity index (χ3n) is 4.70. The van der Waals surface area contributed by atoms with E-state index < -0.39 is 5.97 Å². The number of para-hydroxylation sites is 2. The van der Waals surface area contributed by atoms with Crippen molar-refractivity contribution >= 4 is 17.0 Å². The third-order valence-corrected chi connectivity index (χ3v) is 4.70. The molecule has 1 saturated heterocycles. The Labute approximate surface area is 136 Å². The van der Waals surface area contributed by atoms with Crippen molar-refractivity contribution in [1.29, 1.82) is 0 Å². The maximum absolute atomic E-state index is 10.7. The van der Waals surface area contributed by atoms with Crippen LogP contribution in [0.25, 0.3) is 11.0 Å². The molecule has 1 atom stereocenters. The lowest BCUT2D eigenvalue weighted by Crippen LogP contribution is -2.47. The van der Waals surface area contributed by atoms with Gasteiger partial charge in [-0.15, -0.1) is 0 Å². The van der Waals surface area contributed by atoms with Crippen LogP contribution in [0.1, 0.15) is 19.2 Å². The minimum absolute atomic E-state index is 0.0234. The van der Waals surface area contributed by atoms with Crippen LogP contribution in [0.2, 0.25) is 0 Å². The van der Waals surface area contributed by atoms with Crippen molar-refractivity contribution in [3.63, 3.8) is 0 Å². The van der Waals surface area contributed by atoms with Crippen molar-refractivity contribution < 1.29 is 9.90 Å². The van der Waals surface area contributed by atoms with Crippen LogP contribution >= 0.6 is 0 Å². The van der Waals surface area contributed by atoms with Gasteiger partial charge in [0.2, 0.25) is 0 Å². The summed E-state index contributed by atoms with van der Waals surface area (Å²) in [5.74, 6) is 0.238. The summed E-state index contributed by atoms with van der Waals surface area (Å²) in [6.07, 6.45) is 0.976. The van der Waals surface area contributed by atoms with Gasteiger partial charge in [-0.25, -0.2) is 4.98 Å². The second-order valence-corrected chi connectivity index (χ2v) is 6.63. The van der Waals surface area contributed by atoms with Gasteiger partial charge >= 0.3 is 5.97 Å². The average molecular weight is 316 g/mol. The van der Waals surface area contributed by atoms with Gasteiger partial charge in [0, 0.05) is 31.7 Å². The smallest absolute Gasteiger partial charge is 0.317 e. The van der Waals surface area contributed by atoms with Gasteiger partial charge in [0.1, 0.15) is 5.82 Å². The van der Waals surface area contributed by atoms with Crippen molar-refractivity contribution in [2.75, 3.05) is 26.2 Å². The molecule has 0 unspecified atom stereocenters. The van der Waals surface area contributed by atoms with Gasteiger partial charge in [-0.1, -0.05) is 12.1 Å². The monoisotopic (exact) mass is 316 g/mol. The summed E-state index contributed by atoms with van der Waals surface area (Å²) in [6.45, 7) is 7.90. The molecular formula is C17H24N4O2. The standard InChI is InChI=1S/C17H24N4O2/c1-13-19-14-5-3-4-6-15(14)21(13)10-9-20-8-7-17(2,12-20)18-11-16(22)23/h3-6,18H,7-12H2,1-2H3,(H,22,23)/t17-/m0/s1. The number of imidazole rings is 1. The fourth-order valence-corrected chi connectivity index (χ4v) is 3.40. The molecule has 2 aromatic rings. The van der Waals surface area contributed by atoms with E-state index in [4.69, 9.17) is 5.11 Å². The molecule has 0 saturated carbocycles. The molecule has 0 spiro atoms. The van der Waals surface area contributed by atoms with Crippen molar-refractivity contribution in [3.8, 4) is 0 Å². The Balaban J connectivity index is 1.61. The van der Waals surface area contributed by atoms with Crippen LogP contribution in [0.3, 0.4) is 0 Å². The summed E-state index contributed by atoms with van der Waals surface area (Å²) in [6, 6.07) is 8.21. The first kappa shape index (κ1) is 16.0. The highest BCUT2D eigenvalue weighted by molar-refractivity contribution is 5.75. The van der Waals surface area contributed by atoms with Gasteiger partial charge in [0.05, 0.1) is 17.6 Å². The molecule has 124 valence electrons. The number of nitrogens with one attached hydrogen (secondary N) is 1. The Morgan fingerprint density at radius 1 is 1.39 bits per heavy atom. The van der Waals surface area contributed by atoms with Crippen LogP contribution in [-0.2, 0) is 11.3 Å². The molecule has 3 rings (SSSR count). The predicted molar refractivity (Wildman–Crippen MR) is 89.6 cm³/mol. The van der Waals surface area contributed by atoms with Gasteiger partial charge in [-0.05, 0) is 32.4 Å². The molecule has 2 N–H and O–H groups in total. The molecule has 0 bridgehead atoms. The maximum atomic E-state index is 10.7. The maximum Gasteiger partial charge on any atom is 0.317 e. The Bertz CT molecular complexity index is 712. The first-order valence-corrected chi connectivity index (χ1v) is 8.08. The fourth-order valence-electron chi connectivity index (χ4n) is 3.40. The number of aryl methyl sites for hydroxylation is 1. The summed E-state index contributed by atoms with van der Waals surface area (Å²) in [4.78, 5) is 17.7. The quantitative estimate of drug-likeness (QED) is 0.845. The number of carbonyl (C=O) groups is 1. The predicted octanol–water partition coefficient (Wildman–Crippen LogP) is 1.48. The van der Waals surface area contributed by atoms with E-state index in [1.165, 1.54) is 5.52 Å². The number of benzene rings is 1. The minimum atomic E-state index is -0.801. The average Bonchev–Trinajstić information content (AvgIpc) is 3.04. The molecule has 23 heavy (non-hydrogen) atoms. The van der Waals surface area contributed by atoms with E-state index in [2.05, 4.69) is 32.8 Å². The number of hydrogen-bond donors (Lipinski definition) is 2. The van der Waals surface area contributed by atoms with E-state index in [-0.39, 0.29) is 12.1 Å². The van der Waals surface area contributed by atoms with Gasteiger partial charge < -0.3 is 15.0 Å². The van der Waals surface area contributed by atoms with Crippen LogP contribution in [-0.4, -0.2) is 57.2 Å². The zero-order valence-corrected chi connectivity index (χ0v) is 13.7. The second kappa shape index (κ2) is 6.29. The molecule has 1 aromatic carbocycles. The lowest BCUT2D eigenvalue weighted by Gasteiger charge is -2.25. The van der Waals surface area contributed by atoms with Crippen LogP contribution in [0.15, 0.2) is 24.3 Å². The number of aromatic nitrogens is 2. The molecule has 1 aliphatic rings. The topological polar surface area (TPSA) is 70.4 Å². The van der Waals surface area contributed by atoms with Crippen LogP contribution in [0.4, 0.5) is 0 Å². The first-order valence-electron chi connectivity index (χ1n) is 8.08. The largest absolute Gasteiger partial charge is 0.480 e. The number of carboxylic acid groups (broad SMARTS) is 1. The minimum Gasteiger partial charge on any atom is -0.480 e. The number of nitrogens with zero attached hydrogens (tertiary/aromatic N) is 3. The molecule has 0 radical (unpaired) electrons. The van der Waals surface area contributed by atoms with Gasteiger partial charge in [-0.2, -0.15) is 0 Å². The molecule has 1 aromatic heterocycles. The molecule has 0 aliphatic carbocycles. The molecule has 6 heteroatoms. The van der Waals surface area contributed by atoms with Crippen molar-refractivity contribution in [2.24, 2.45) is 0 Å². The summed E-state index contributed by atoms with van der Waals surface area (Å²) in [7, 11) is 0.